The van der Waals surface area contributed by atoms with Crippen molar-refractivity contribution in [1.29, 1.82) is 0 Å². The van der Waals surface area contributed by atoms with E-state index in [1.165, 1.54) is 25.7 Å². The normalized spacial score (nSPS) is 23.4. The van der Waals surface area contributed by atoms with Gasteiger partial charge in [-0.05, 0) is 37.2 Å². The molecule has 1 aromatic rings. The Morgan fingerprint density at radius 3 is 2.54 bits per heavy atom. The van der Waals surface area contributed by atoms with Gasteiger partial charge < -0.3 is 15.0 Å². The molecule has 1 aliphatic heterocycles. The topological polar surface area (TPSA) is 49.8 Å². The number of halogens is 1. The van der Waals surface area contributed by atoms with Gasteiger partial charge in [0.05, 0.1) is 13.7 Å². The van der Waals surface area contributed by atoms with Crippen LogP contribution in [-0.2, 0) is 6.54 Å². The number of fused-ring (bicyclic) bond motifs is 1. The van der Waals surface area contributed by atoms with E-state index in [1.807, 2.05) is 18.3 Å². The largest absolute Gasteiger partial charge is 0.481 e. The van der Waals surface area contributed by atoms with E-state index in [4.69, 9.17) is 9.73 Å². The fraction of sp³-hybridized carbons (Fsp3) is 0.667. The van der Waals surface area contributed by atoms with Gasteiger partial charge in [0.2, 0.25) is 5.88 Å². The summed E-state index contributed by atoms with van der Waals surface area (Å²) in [7, 11) is 1.64. The number of aliphatic imine (C=N–C) groups is 1. The second kappa shape index (κ2) is 9.44. The van der Waals surface area contributed by atoms with Gasteiger partial charge in [-0.15, -0.1) is 24.0 Å². The first-order valence-corrected chi connectivity index (χ1v) is 8.82. The molecule has 5 nitrogen and oxygen atoms in total. The monoisotopic (exact) mass is 444 g/mol. The van der Waals surface area contributed by atoms with E-state index in [0.29, 0.717) is 12.4 Å². The van der Waals surface area contributed by atoms with Crippen LogP contribution in [0.3, 0.4) is 0 Å². The van der Waals surface area contributed by atoms with Crippen LogP contribution in [0.1, 0.15) is 38.2 Å². The van der Waals surface area contributed by atoms with Gasteiger partial charge in [0.25, 0.3) is 0 Å². The molecule has 1 saturated heterocycles. The van der Waals surface area contributed by atoms with E-state index < -0.39 is 0 Å². The summed E-state index contributed by atoms with van der Waals surface area (Å²) < 4.78 is 5.10. The Morgan fingerprint density at radius 2 is 2.00 bits per heavy atom. The van der Waals surface area contributed by atoms with Crippen molar-refractivity contribution in [2.75, 3.05) is 26.7 Å². The molecule has 3 rings (SSSR count). The Kier molecular flexibility index (Phi) is 7.58. The molecule has 1 aromatic heterocycles. The molecule has 2 unspecified atom stereocenters. The third-order valence-electron chi connectivity index (χ3n) is 5.03. The summed E-state index contributed by atoms with van der Waals surface area (Å²) in [5.74, 6) is 3.44. The Bertz CT molecular complexity index is 520. The molecule has 6 heteroatoms. The Labute approximate surface area is 162 Å². The lowest BCUT2D eigenvalue weighted by Gasteiger charge is -2.22. The molecule has 24 heavy (non-hydrogen) atoms. The molecule has 0 radical (unpaired) electrons. The van der Waals surface area contributed by atoms with Crippen LogP contribution < -0.4 is 10.1 Å². The Balaban J connectivity index is 0.00000208. The van der Waals surface area contributed by atoms with Crippen molar-refractivity contribution in [2.45, 2.75) is 39.2 Å². The minimum atomic E-state index is 0. The molecule has 0 bridgehead atoms. The quantitative estimate of drug-likeness (QED) is 0.440. The van der Waals surface area contributed by atoms with Gasteiger partial charge in [0.15, 0.2) is 5.96 Å². The first-order chi connectivity index (χ1) is 11.3. The van der Waals surface area contributed by atoms with Crippen molar-refractivity contribution < 1.29 is 4.74 Å². The minimum Gasteiger partial charge on any atom is -0.481 e. The van der Waals surface area contributed by atoms with Gasteiger partial charge in [-0.1, -0.05) is 18.9 Å². The number of likely N-dealkylation sites (tertiary alicyclic amines) is 1. The van der Waals surface area contributed by atoms with Gasteiger partial charge in [-0.3, -0.25) is 0 Å². The third-order valence-corrected chi connectivity index (χ3v) is 5.03. The summed E-state index contributed by atoms with van der Waals surface area (Å²) in [5, 5.41) is 3.46. The highest BCUT2D eigenvalue weighted by molar-refractivity contribution is 14.0. The number of aromatic nitrogens is 1. The predicted octanol–water partition coefficient (Wildman–Crippen LogP) is 3.30. The number of hydrogen-bond acceptors (Lipinski definition) is 3. The molecule has 0 amide bonds. The van der Waals surface area contributed by atoms with Crippen LogP contribution in [-0.4, -0.2) is 42.6 Å². The van der Waals surface area contributed by atoms with E-state index >= 15 is 0 Å². The maximum absolute atomic E-state index is 5.10. The van der Waals surface area contributed by atoms with Crippen molar-refractivity contribution in [1.82, 2.24) is 15.2 Å². The zero-order valence-electron chi connectivity index (χ0n) is 14.7. The van der Waals surface area contributed by atoms with Crippen molar-refractivity contribution in [2.24, 2.45) is 16.8 Å². The minimum absolute atomic E-state index is 0. The summed E-state index contributed by atoms with van der Waals surface area (Å²) in [6.45, 7) is 6.03. The second-order valence-electron chi connectivity index (χ2n) is 6.59. The zero-order chi connectivity index (χ0) is 16.1. The summed E-state index contributed by atoms with van der Waals surface area (Å²) >= 11 is 0. The maximum atomic E-state index is 5.10. The predicted molar refractivity (Wildman–Crippen MR) is 108 cm³/mol. The van der Waals surface area contributed by atoms with Gasteiger partial charge in [-0.2, -0.15) is 0 Å². The lowest BCUT2D eigenvalue weighted by atomic mass is 9.82. The van der Waals surface area contributed by atoms with Crippen LogP contribution in [0.2, 0.25) is 0 Å². The third kappa shape index (κ3) is 4.74. The molecule has 0 aromatic carbocycles. The van der Waals surface area contributed by atoms with E-state index in [2.05, 4.69) is 22.1 Å². The van der Waals surface area contributed by atoms with Crippen molar-refractivity contribution in [3.63, 3.8) is 0 Å². The number of nitrogens with zero attached hydrogens (tertiary/aromatic N) is 3. The highest BCUT2D eigenvalue weighted by atomic mass is 127. The summed E-state index contributed by atoms with van der Waals surface area (Å²) in [6, 6.07) is 3.92. The van der Waals surface area contributed by atoms with E-state index in [-0.39, 0.29) is 24.0 Å². The van der Waals surface area contributed by atoms with E-state index in [1.54, 1.807) is 7.11 Å². The van der Waals surface area contributed by atoms with Crippen LogP contribution in [0, 0.1) is 11.8 Å². The summed E-state index contributed by atoms with van der Waals surface area (Å²) in [4.78, 5) is 11.5. The first kappa shape index (κ1) is 19.3. The number of nitrogens with one attached hydrogen (secondary N) is 1. The van der Waals surface area contributed by atoms with Crippen LogP contribution in [0.5, 0.6) is 5.88 Å². The maximum Gasteiger partial charge on any atom is 0.212 e. The Morgan fingerprint density at radius 1 is 1.29 bits per heavy atom. The lowest BCUT2D eigenvalue weighted by Crippen LogP contribution is -2.40. The van der Waals surface area contributed by atoms with Crippen LogP contribution in [0.4, 0.5) is 0 Å². The molecule has 2 fully saturated rings. The van der Waals surface area contributed by atoms with Crippen LogP contribution in [0.15, 0.2) is 23.3 Å². The molecule has 1 saturated carbocycles. The fourth-order valence-electron chi connectivity index (χ4n) is 3.80. The lowest BCUT2D eigenvalue weighted by molar-refractivity contribution is 0.299. The van der Waals surface area contributed by atoms with Crippen molar-refractivity contribution in [3.8, 4) is 5.88 Å². The second-order valence-corrected chi connectivity index (χ2v) is 6.59. The smallest absolute Gasteiger partial charge is 0.212 e. The average Bonchev–Trinajstić information content (AvgIpc) is 3.03. The number of ether oxygens (including phenoxy) is 1. The Hall–Kier alpha value is -1.05. The van der Waals surface area contributed by atoms with Crippen LogP contribution >= 0.6 is 24.0 Å². The summed E-state index contributed by atoms with van der Waals surface area (Å²) in [6.07, 6.45) is 7.43. The number of guanidine groups is 1. The van der Waals surface area contributed by atoms with Crippen molar-refractivity contribution in [3.05, 3.63) is 23.9 Å². The number of methoxy groups -OCH3 is 1. The van der Waals surface area contributed by atoms with Gasteiger partial charge in [0.1, 0.15) is 0 Å². The standard InChI is InChI=1S/C18H28N4O.HI/c1-3-19-18(21-11-14-8-9-17(23-2)20-10-14)22-12-15-6-4-5-7-16(15)13-22;/h8-10,15-16H,3-7,11-13H2,1-2H3,(H,19,21);1H. The van der Waals surface area contributed by atoms with Gasteiger partial charge in [0, 0.05) is 31.9 Å². The number of pyridine rings is 1. The molecule has 0 spiro atoms. The van der Waals surface area contributed by atoms with E-state index in [0.717, 1.165) is 43.0 Å². The van der Waals surface area contributed by atoms with Gasteiger partial charge in [-0.25, -0.2) is 9.98 Å². The molecule has 2 aliphatic rings. The average molecular weight is 444 g/mol. The molecule has 1 N–H and O–H groups in total. The fourth-order valence-corrected chi connectivity index (χ4v) is 3.80. The molecule has 134 valence electrons. The molecule has 1 aliphatic carbocycles. The molecule has 2 atom stereocenters. The molecular weight excluding hydrogens is 415 g/mol. The van der Waals surface area contributed by atoms with E-state index in [9.17, 15) is 0 Å². The number of rotatable bonds is 4. The molecule has 2 heterocycles. The molecular formula is C18H29IN4O. The van der Waals surface area contributed by atoms with Crippen LogP contribution in [0.25, 0.3) is 0 Å². The first-order valence-electron chi connectivity index (χ1n) is 8.82. The SMILES string of the molecule is CCNC(=NCc1ccc(OC)nc1)N1CC2CCCCC2C1.I. The van der Waals surface area contributed by atoms with Crippen molar-refractivity contribution >= 4 is 29.9 Å². The van der Waals surface area contributed by atoms with Gasteiger partial charge >= 0.3 is 0 Å². The number of hydrogen-bond donors (Lipinski definition) is 1. The highest BCUT2D eigenvalue weighted by Crippen LogP contribution is 2.35. The summed E-state index contributed by atoms with van der Waals surface area (Å²) in [5.41, 5.74) is 1.11. The highest BCUT2D eigenvalue weighted by Gasteiger charge is 2.35. The zero-order valence-corrected chi connectivity index (χ0v) is 17.0.